The lowest BCUT2D eigenvalue weighted by molar-refractivity contribution is 0.475. The first-order valence-electron chi connectivity index (χ1n) is 5.04. The van der Waals surface area contributed by atoms with Gasteiger partial charge in [-0.3, -0.25) is 0 Å². The summed E-state index contributed by atoms with van der Waals surface area (Å²) < 4.78 is 0. The van der Waals surface area contributed by atoms with Gasteiger partial charge in [0.15, 0.2) is 0 Å². The average Bonchev–Trinajstić information content (AvgIpc) is 2.17. The standard InChI is InChI=1S/C13H14O2/c1-8(2)10-5-6-13(15)11-4-3-9(14)7-12(10)11/h3-8,14-15H,1-2H3. The monoisotopic (exact) mass is 202 g/mol. The molecule has 0 unspecified atom stereocenters. The molecule has 0 saturated carbocycles. The van der Waals surface area contributed by atoms with E-state index < -0.39 is 0 Å². The van der Waals surface area contributed by atoms with Gasteiger partial charge in [-0.25, -0.2) is 0 Å². The fourth-order valence-corrected chi connectivity index (χ4v) is 1.85. The minimum atomic E-state index is 0.231. The molecule has 2 N–H and O–H groups in total. The maximum atomic E-state index is 9.69. The van der Waals surface area contributed by atoms with Crippen molar-refractivity contribution in [3.63, 3.8) is 0 Å². The molecule has 78 valence electrons. The van der Waals surface area contributed by atoms with Crippen molar-refractivity contribution in [3.05, 3.63) is 35.9 Å². The zero-order chi connectivity index (χ0) is 11.0. The summed E-state index contributed by atoms with van der Waals surface area (Å²) in [5.41, 5.74) is 1.14. The van der Waals surface area contributed by atoms with Crippen LogP contribution in [0.5, 0.6) is 11.5 Å². The van der Waals surface area contributed by atoms with Crippen LogP contribution in [0.1, 0.15) is 25.3 Å². The molecule has 0 heterocycles. The van der Waals surface area contributed by atoms with Crippen LogP contribution in [-0.2, 0) is 0 Å². The molecule has 0 fully saturated rings. The van der Waals surface area contributed by atoms with Crippen LogP contribution in [0.25, 0.3) is 10.8 Å². The Balaban J connectivity index is 2.84. The topological polar surface area (TPSA) is 40.5 Å². The second-order valence-corrected chi connectivity index (χ2v) is 4.06. The molecule has 0 aromatic heterocycles. The van der Waals surface area contributed by atoms with Crippen molar-refractivity contribution in [3.8, 4) is 11.5 Å². The summed E-state index contributed by atoms with van der Waals surface area (Å²) in [6.45, 7) is 4.19. The predicted octanol–water partition coefficient (Wildman–Crippen LogP) is 3.37. The Hall–Kier alpha value is -1.70. The minimum absolute atomic E-state index is 0.231. The van der Waals surface area contributed by atoms with Gasteiger partial charge in [-0.2, -0.15) is 0 Å². The van der Waals surface area contributed by atoms with Crippen LogP contribution in [0.2, 0.25) is 0 Å². The third-order valence-corrected chi connectivity index (χ3v) is 2.63. The molecule has 2 rings (SSSR count). The second kappa shape index (κ2) is 3.46. The molecule has 15 heavy (non-hydrogen) atoms. The summed E-state index contributed by atoms with van der Waals surface area (Å²) in [6.07, 6.45) is 0. The van der Waals surface area contributed by atoms with Crippen molar-refractivity contribution in [2.24, 2.45) is 0 Å². The largest absolute Gasteiger partial charge is 0.508 e. The van der Waals surface area contributed by atoms with Gasteiger partial charge in [0.1, 0.15) is 11.5 Å². The lowest BCUT2D eigenvalue weighted by Crippen LogP contribution is -1.89. The van der Waals surface area contributed by atoms with Crippen LogP contribution in [-0.4, -0.2) is 10.2 Å². The summed E-state index contributed by atoms with van der Waals surface area (Å²) in [6, 6.07) is 8.64. The van der Waals surface area contributed by atoms with Gasteiger partial charge in [0.25, 0.3) is 0 Å². The second-order valence-electron chi connectivity index (χ2n) is 4.06. The first-order valence-corrected chi connectivity index (χ1v) is 5.04. The van der Waals surface area contributed by atoms with Gasteiger partial charge < -0.3 is 10.2 Å². The van der Waals surface area contributed by atoms with Gasteiger partial charge in [-0.15, -0.1) is 0 Å². The van der Waals surface area contributed by atoms with Crippen molar-refractivity contribution in [2.45, 2.75) is 19.8 Å². The molecule has 0 spiro atoms. The highest BCUT2D eigenvalue weighted by molar-refractivity contribution is 5.92. The van der Waals surface area contributed by atoms with Crippen molar-refractivity contribution in [1.29, 1.82) is 0 Å². The molecule has 0 atom stereocenters. The minimum Gasteiger partial charge on any atom is -0.508 e. The Morgan fingerprint density at radius 3 is 2.33 bits per heavy atom. The number of fused-ring (bicyclic) bond motifs is 1. The zero-order valence-electron chi connectivity index (χ0n) is 8.86. The van der Waals surface area contributed by atoms with Crippen molar-refractivity contribution in [2.75, 3.05) is 0 Å². The fraction of sp³-hybridized carbons (Fsp3) is 0.231. The van der Waals surface area contributed by atoms with Gasteiger partial charge in [-0.05, 0) is 41.1 Å². The Bertz CT molecular complexity index is 501. The van der Waals surface area contributed by atoms with Crippen LogP contribution in [0, 0.1) is 0 Å². The molecular weight excluding hydrogens is 188 g/mol. The van der Waals surface area contributed by atoms with E-state index in [1.54, 1.807) is 24.3 Å². The zero-order valence-corrected chi connectivity index (χ0v) is 8.86. The highest BCUT2D eigenvalue weighted by atomic mass is 16.3. The van der Waals surface area contributed by atoms with Gasteiger partial charge in [-0.1, -0.05) is 19.9 Å². The Labute approximate surface area is 88.8 Å². The normalized spacial score (nSPS) is 11.1. The van der Waals surface area contributed by atoms with Crippen LogP contribution < -0.4 is 0 Å². The van der Waals surface area contributed by atoms with E-state index in [0.29, 0.717) is 5.92 Å². The molecule has 2 aromatic carbocycles. The van der Waals surface area contributed by atoms with E-state index in [-0.39, 0.29) is 11.5 Å². The first-order chi connectivity index (χ1) is 7.09. The Morgan fingerprint density at radius 1 is 0.933 bits per heavy atom. The van der Waals surface area contributed by atoms with Gasteiger partial charge in [0.2, 0.25) is 0 Å². The lowest BCUT2D eigenvalue weighted by Gasteiger charge is -2.11. The van der Waals surface area contributed by atoms with Crippen LogP contribution in [0.3, 0.4) is 0 Å². The first kappa shape index (κ1) is 9.84. The molecule has 0 bridgehead atoms. The number of benzene rings is 2. The summed E-state index contributed by atoms with van der Waals surface area (Å²) in [5.74, 6) is 0.860. The van der Waals surface area contributed by atoms with E-state index in [1.807, 2.05) is 6.07 Å². The molecule has 2 nitrogen and oxygen atoms in total. The molecule has 0 aliphatic heterocycles. The smallest absolute Gasteiger partial charge is 0.123 e. The SMILES string of the molecule is CC(C)c1ccc(O)c2ccc(O)cc12. The molecule has 2 aromatic rings. The Kier molecular flexibility index (Phi) is 2.27. The molecule has 0 saturated heterocycles. The summed E-state index contributed by atoms with van der Waals surface area (Å²) in [4.78, 5) is 0. The molecule has 2 heteroatoms. The van der Waals surface area contributed by atoms with Crippen molar-refractivity contribution >= 4 is 10.8 Å². The van der Waals surface area contributed by atoms with E-state index >= 15 is 0 Å². The molecule has 0 aliphatic rings. The van der Waals surface area contributed by atoms with Crippen molar-refractivity contribution in [1.82, 2.24) is 0 Å². The molecular formula is C13H14O2. The lowest BCUT2D eigenvalue weighted by atomic mass is 9.95. The number of phenols is 2. The number of rotatable bonds is 1. The maximum Gasteiger partial charge on any atom is 0.123 e. The Morgan fingerprint density at radius 2 is 1.67 bits per heavy atom. The predicted molar refractivity (Wildman–Crippen MR) is 61.4 cm³/mol. The van der Waals surface area contributed by atoms with Gasteiger partial charge in [0, 0.05) is 5.39 Å². The third kappa shape index (κ3) is 1.63. The number of aromatic hydroxyl groups is 2. The van der Waals surface area contributed by atoms with E-state index in [9.17, 15) is 10.2 Å². The molecule has 0 radical (unpaired) electrons. The molecule has 0 amide bonds. The summed E-state index contributed by atoms with van der Waals surface area (Å²) >= 11 is 0. The maximum absolute atomic E-state index is 9.69. The van der Waals surface area contributed by atoms with E-state index in [4.69, 9.17) is 0 Å². The van der Waals surface area contributed by atoms with Crippen LogP contribution >= 0.6 is 0 Å². The number of hydrogen-bond donors (Lipinski definition) is 2. The van der Waals surface area contributed by atoms with Gasteiger partial charge in [0.05, 0.1) is 0 Å². The third-order valence-electron chi connectivity index (χ3n) is 2.63. The highest BCUT2D eigenvalue weighted by Gasteiger charge is 2.08. The van der Waals surface area contributed by atoms with E-state index in [0.717, 1.165) is 16.3 Å². The summed E-state index contributed by atoms with van der Waals surface area (Å²) in [5, 5.41) is 20.8. The van der Waals surface area contributed by atoms with Crippen LogP contribution in [0.4, 0.5) is 0 Å². The quantitative estimate of drug-likeness (QED) is 0.744. The van der Waals surface area contributed by atoms with Gasteiger partial charge >= 0.3 is 0 Å². The average molecular weight is 202 g/mol. The highest BCUT2D eigenvalue weighted by Crippen LogP contribution is 2.33. The summed E-state index contributed by atoms with van der Waals surface area (Å²) in [7, 11) is 0. The van der Waals surface area contributed by atoms with Crippen molar-refractivity contribution < 1.29 is 10.2 Å². The van der Waals surface area contributed by atoms with Crippen LogP contribution in [0.15, 0.2) is 30.3 Å². The fourth-order valence-electron chi connectivity index (χ4n) is 1.85. The van der Waals surface area contributed by atoms with E-state index in [2.05, 4.69) is 13.8 Å². The molecule has 0 aliphatic carbocycles. The number of hydrogen-bond acceptors (Lipinski definition) is 2. The van der Waals surface area contributed by atoms with E-state index in [1.165, 1.54) is 0 Å². The number of phenolic OH excluding ortho intramolecular Hbond substituents is 2.